The van der Waals surface area contributed by atoms with Crippen LogP contribution in [0.25, 0.3) is 11.4 Å². The summed E-state index contributed by atoms with van der Waals surface area (Å²) in [6, 6.07) is 13.7. The van der Waals surface area contributed by atoms with E-state index in [-0.39, 0.29) is 18.1 Å². The molecule has 0 bridgehead atoms. The van der Waals surface area contributed by atoms with Gasteiger partial charge in [-0.15, -0.1) is 0 Å². The van der Waals surface area contributed by atoms with Crippen molar-refractivity contribution in [2.75, 3.05) is 5.32 Å². The molecule has 0 atom stereocenters. The van der Waals surface area contributed by atoms with E-state index in [0.29, 0.717) is 23.7 Å². The summed E-state index contributed by atoms with van der Waals surface area (Å²) in [5.41, 5.74) is 2.69. The molecule has 26 heavy (non-hydrogen) atoms. The number of aryl methyl sites for hydroxylation is 2. The van der Waals surface area contributed by atoms with Crippen LogP contribution in [0.15, 0.2) is 53.1 Å². The number of carbonyl (C=O) groups is 1. The number of hydrogen-bond donors (Lipinski definition) is 1. The van der Waals surface area contributed by atoms with Crippen LogP contribution in [0.1, 0.15) is 31.2 Å². The summed E-state index contributed by atoms with van der Waals surface area (Å²) in [6.07, 6.45) is 2.70. The molecule has 0 aliphatic heterocycles. The minimum atomic E-state index is -0.322. The van der Waals surface area contributed by atoms with Crippen molar-refractivity contribution in [2.24, 2.45) is 0 Å². The number of nitrogens with one attached hydrogen (secondary N) is 1. The Kier molecular flexibility index (Phi) is 5.73. The maximum atomic E-state index is 12.9. The summed E-state index contributed by atoms with van der Waals surface area (Å²) in [6.45, 7) is 2.13. The van der Waals surface area contributed by atoms with E-state index in [2.05, 4.69) is 22.4 Å². The van der Waals surface area contributed by atoms with Gasteiger partial charge in [-0.2, -0.15) is 4.98 Å². The fourth-order valence-electron chi connectivity index (χ4n) is 2.56. The molecule has 2 aromatic carbocycles. The molecule has 0 saturated heterocycles. The van der Waals surface area contributed by atoms with Gasteiger partial charge in [-0.05, 0) is 48.4 Å². The molecule has 1 N–H and O–H groups in total. The summed E-state index contributed by atoms with van der Waals surface area (Å²) >= 11 is 0. The van der Waals surface area contributed by atoms with Crippen molar-refractivity contribution in [3.05, 3.63) is 65.8 Å². The summed E-state index contributed by atoms with van der Waals surface area (Å²) in [7, 11) is 0. The molecule has 0 saturated carbocycles. The monoisotopic (exact) mass is 353 g/mol. The van der Waals surface area contributed by atoms with Crippen molar-refractivity contribution < 1.29 is 13.7 Å². The van der Waals surface area contributed by atoms with E-state index in [1.165, 1.54) is 17.7 Å². The summed E-state index contributed by atoms with van der Waals surface area (Å²) in [5.74, 6) is 0.316. The average Bonchev–Trinajstić information content (AvgIpc) is 3.11. The van der Waals surface area contributed by atoms with Crippen LogP contribution < -0.4 is 5.32 Å². The Hall–Kier alpha value is -3.02. The van der Waals surface area contributed by atoms with E-state index in [9.17, 15) is 9.18 Å². The van der Waals surface area contributed by atoms with Gasteiger partial charge in [0.05, 0.1) is 0 Å². The fourth-order valence-corrected chi connectivity index (χ4v) is 2.56. The van der Waals surface area contributed by atoms with E-state index in [0.717, 1.165) is 18.5 Å². The molecule has 0 spiro atoms. The third kappa shape index (κ3) is 4.75. The Balaban J connectivity index is 1.52. The van der Waals surface area contributed by atoms with Gasteiger partial charge in [0.2, 0.25) is 17.6 Å². The number of anilines is 1. The molecule has 1 heterocycles. The summed E-state index contributed by atoms with van der Waals surface area (Å²) < 4.78 is 18.1. The molecule has 5 nitrogen and oxygen atoms in total. The molecule has 3 aromatic rings. The second kappa shape index (κ2) is 8.38. The number of hydrogen-bond acceptors (Lipinski definition) is 4. The van der Waals surface area contributed by atoms with Gasteiger partial charge in [0.1, 0.15) is 5.82 Å². The second-order valence-electron chi connectivity index (χ2n) is 6.01. The van der Waals surface area contributed by atoms with Crippen molar-refractivity contribution in [3.63, 3.8) is 0 Å². The molecule has 0 radical (unpaired) electrons. The lowest BCUT2D eigenvalue weighted by Gasteiger charge is -2.05. The number of amides is 1. The first-order valence-corrected chi connectivity index (χ1v) is 8.61. The Morgan fingerprint density at radius 1 is 1.08 bits per heavy atom. The maximum Gasteiger partial charge on any atom is 0.227 e. The highest BCUT2D eigenvalue weighted by atomic mass is 19.1. The topological polar surface area (TPSA) is 68.0 Å². The van der Waals surface area contributed by atoms with Crippen LogP contribution in [0.2, 0.25) is 0 Å². The van der Waals surface area contributed by atoms with Crippen molar-refractivity contribution in [2.45, 2.75) is 32.6 Å². The van der Waals surface area contributed by atoms with Gasteiger partial charge in [-0.25, -0.2) is 4.39 Å². The van der Waals surface area contributed by atoms with Crippen molar-refractivity contribution >= 4 is 11.6 Å². The van der Waals surface area contributed by atoms with Gasteiger partial charge in [-0.1, -0.05) is 30.6 Å². The van der Waals surface area contributed by atoms with Crippen LogP contribution in [-0.2, 0) is 17.6 Å². The molecule has 1 aromatic heterocycles. The number of rotatable bonds is 7. The Morgan fingerprint density at radius 3 is 2.50 bits per heavy atom. The smallest absolute Gasteiger partial charge is 0.227 e. The maximum absolute atomic E-state index is 12.9. The zero-order chi connectivity index (χ0) is 18.4. The highest BCUT2D eigenvalue weighted by Crippen LogP contribution is 2.17. The van der Waals surface area contributed by atoms with E-state index in [1.54, 1.807) is 12.1 Å². The summed E-state index contributed by atoms with van der Waals surface area (Å²) in [5, 5.41) is 6.72. The van der Waals surface area contributed by atoms with Crippen molar-refractivity contribution in [1.29, 1.82) is 0 Å². The standard InChI is InChI=1S/C20H20FN3O2/c1-2-3-14-4-10-17(11-5-14)22-18(25)12-13-19-23-20(24-26-19)15-6-8-16(21)9-7-15/h4-11H,2-3,12-13H2,1H3,(H,22,25). The molecule has 134 valence electrons. The molecular formula is C20H20FN3O2. The minimum Gasteiger partial charge on any atom is -0.339 e. The predicted octanol–water partition coefficient (Wildman–Crippen LogP) is 4.40. The minimum absolute atomic E-state index is 0.116. The third-order valence-electron chi connectivity index (χ3n) is 3.91. The Labute approximate surface area is 151 Å². The average molecular weight is 353 g/mol. The lowest BCUT2D eigenvalue weighted by molar-refractivity contribution is -0.116. The van der Waals surface area contributed by atoms with Crippen LogP contribution in [0.4, 0.5) is 10.1 Å². The van der Waals surface area contributed by atoms with Gasteiger partial charge in [0, 0.05) is 24.1 Å². The molecule has 3 rings (SSSR count). The largest absolute Gasteiger partial charge is 0.339 e. The van der Waals surface area contributed by atoms with E-state index >= 15 is 0 Å². The van der Waals surface area contributed by atoms with Crippen LogP contribution in [0, 0.1) is 5.82 Å². The normalized spacial score (nSPS) is 10.7. The lowest BCUT2D eigenvalue weighted by atomic mass is 10.1. The molecule has 0 unspecified atom stereocenters. The second-order valence-corrected chi connectivity index (χ2v) is 6.01. The Morgan fingerprint density at radius 2 is 1.81 bits per heavy atom. The fraction of sp³-hybridized carbons (Fsp3) is 0.250. The van der Waals surface area contributed by atoms with Crippen molar-refractivity contribution in [3.8, 4) is 11.4 Å². The van der Waals surface area contributed by atoms with E-state index in [1.807, 2.05) is 24.3 Å². The molecule has 0 aliphatic rings. The number of carbonyl (C=O) groups excluding carboxylic acids is 1. The van der Waals surface area contributed by atoms with Crippen LogP contribution in [-0.4, -0.2) is 16.0 Å². The third-order valence-corrected chi connectivity index (χ3v) is 3.91. The SMILES string of the molecule is CCCc1ccc(NC(=O)CCc2nc(-c3ccc(F)cc3)no2)cc1. The lowest BCUT2D eigenvalue weighted by Crippen LogP contribution is -2.12. The van der Waals surface area contributed by atoms with Crippen LogP contribution >= 0.6 is 0 Å². The Bertz CT molecular complexity index is 858. The molecule has 0 aliphatic carbocycles. The predicted molar refractivity (Wildman–Crippen MR) is 97.1 cm³/mol. The molecule has 1 amide bonds. The molecule has 6 heteroatoms. The molecular weight excluding hydrogens is 333 g/mol. The van der Waals surface area contributed by atoms with E-state index in [4.69, 9.17) is 4.52 Å². The van der Waals surface area contributed by atoms with Gasteiger partial charge in [0.15, 0.2) is 0 Å². The van der Waals surface area contributed by atoms with Crippen LogP contribution in [0.3, 0.4) is 0 Å². The zero-order valence-electron chi connectivity index (χ0n) is 14.5. The number of halogens is 1. The highest BCUT2D eigenvalue weighted by Gasteiger charge is 2.11. The van der Waals surface area contributed by atoms with Gasteiger partial charge in [0.25, 0.3) is 0 Å². The first kappa shape index (κ1) is 17.8. The van der Waals surface area contributed by atoms with Crippen molar-refractivity contribution in [1.82, 2.24) is 10.1 Å². The quantitative estimate of drug-likeness (QED) is 0.683. The highest BCUT2D eigenvalue weighted by molar-refractivity contribution is 5.90. The first-order valence-electron chi connectivity index (χ1n) is 8.61. The number of aromatic nitrogens is 2. The van der Waals surface area contributed by atoms with Gasteiger partial charge < -0.3 is 9.84 Å². The zero-order valence-corrected chi connectivity index (χ0v) is 14.5. The number of nitrogens with zero attached hydrogens (tertiary/aromatic N) is 2. The number of benzene rings is 2. The summed E-state index contributed by atoms with van der Waals surface area (Å²) in [4.78, 5) is 16.3. The van der Waals surface area contributed by atoms with E-state index < -0.39 is 0 Å². The van der Waals surface area contributed by atoms with Crippen LogP contribution in [0.5, 0.6) is 0 Å². The van der Waals surface area contributed by atoms with Gasteiger partial charge in [-0.3, -0.25) is 4.79 Å². The molecule has 0 fully saturated rings. The van der Waals surface area contributed by atoms with Gasteiger partial charge >= 0.3 is 0 Å². The first-order chi connectivity index (χ1) is 12.6.